The maximum atomic E-state index is 13.4. The monoisotopic (exact) mass is 509 g/mol. The molecule has 1 aliphatic heterocycles. The summed E-state index contributed by atoms with van der Waals surface area (Å²) in [5, 5.41) is 4.09. The minimum Gasteiger partial charge on any atom is -0.343 e. The van der Waals surface area contributed by atoms with E-state index in [9.17, 15) is 14.0 Å². The molecule has 1 unspecified atom stereocenters. The Hall–Kier alpha value is -2.90. The number of aromatic nitrogens is 2. The summed E-state index contributed by atoms with van der Waals surface area (Å²) < 4.78 is 13.4. The average molecular weight is 510 g/mol. The lowest BCUT2D eigenvalue weighted by atomic mass is 9.69. The summed E-state index contributed by atoms with van der Waals surface area (Å²) in [6, 6.07) is 12.2. The Morgan fingerprint density at radius 1 is 1.14 bits per heavy atom. The number of Topliss-reactive ketones (excluding diaryl/α,β-unsaturated/α-hetero) is 1. The Kier molecular flexibility index (Phi) is 6.09. The lowest BCUT2D eigenvalue weighted by molar-refractivity contribution is -0.118. The summed E-state index contributed by atoms with van der Waals surface area (Å²) in [7, 11) is 0. The minimum atomic E-state index is -0.479. The Labute approximate surface area is 212 Å². The first-order valence-corrected chi connectivity index (χ1v) is 12.8. The number of aromatic amines is 1. The Bertz CT molecular complexity index is 1430. The first-order chi connectivity index (χ1) is 16.6. The number of halogens is 2. The van der Waals surface area contributed by atoms with Crippen LogP contribution in [0, 0.1) is 18.2 Å². The van der Waals surface area contributed by atoms with Gasteiger partial charge in [0, 0.05) is 34.4 Å². The molecule has 1 aliphatic carbocycles. The summed E-state index contributed by atoms with van der Waals surface area (Å²) in [6.07, 6.45) is 1.13. The quantitative estimate of drug-likeness (QED) is 0.316. The van der Waals surface area contributed by atoms with Crippen molar-refractivity contribution in [1.82, 2.24) is 9.97 Å². The lowest BCUT2D eigenvalue weighted by Gasteiger charge is -2.38. The largest absolute Gasteiger partial charge is 0.343 e. The van der Waals surface area contributed by atoms with Crippen LogP contribution in [-0.4, -0.2) is 15.8 Å². The molecule has 180 valence electrons. The van der Waals surface area contributed by atoms with Crippen molar-refractivity contribution in [2.45, 2.75) is 50.4 Å². The molecule has 1 aromatic heterocycles. The summed E-state index contributed by atoms with van der Waals surface area (Å²) >= 11 is 7.47. The van der Waals surface area contributed by atoms with E-state index in [2.05, 4.69) is 24.1 Å². The number of benzene rings is 2. The second kappa shape index (κ2) is 8.95. The number of allylic oxidation sites excluding steroid dienone is 2. The zero-order chi connectivity index (χ0) is 24.9. The first-order valence-electron chi connectivity index (χ1n) is 11.4. The number of nitrogens with one attached hydrogen (secondary N) is 2. The fourth-order valence-electron chi connectivity index (χ4n) is 4.84. The maximum Gasteiger partial charge on any atom is 0.257 e. The molecule has 5 nitrogen and oxygen atoms in total. The van der Waals surface area contributed by atoms with Crippen LogP contribution < -0.4 is 10.9 Å². The molecule has 0 radical (unpaired) electrons. The number of aryl methyl sites for hydroxylation is 1. The zero-order valence-corrected chi connectivity index (χ0v) is 21.2. The van der Waals surface area contributed by atoms with Crippen LogP contribution in [0.15, 0.2) is 63.7 Å². The zero-order valence-electron chi connectivity index (χ0n) is 19.7. The molecule has 5 rings (SSSR count). The Balaban J connectivity index is 1.57. The normalized spacial score (nSPS) is 18.7. The second-order valence-corrected chi connectivity index (χ2v) is 11.3. The van der Waals surface area contributed by atoms with Gasteiger partial charge < -0.3 is 10.3 Å². The number of carbonyl (C=O) groups is 1. The van der Waals surface area contributed by atoms with Crippen LogP contribution in [0.25, 0.3) is 0 Å². The van der Waals surface area contributed by atoms with E-state index in [1.54, 1.807) is 6.07 Å². The molecule has 8 heteroatoms. The van der Waals surface area contributed by atoms with E-state index in [4.69, 9.17) is 16.6 Å². The Morgan fingerprint density at radius 3 is 2.60 bits per heavy atom. The second-order valence-electron chi connectivity index (χ2n) is 9.96. The summed E-state index contributed by atoms with van der Waals surface area (Å²) in [4.78, 5) is 34.3. The molecule has 0 saturated carbocycles. The third-order valence-corrected chi connectivity index (χ3v) is 7.76. The number of hydrogen-bond donors (Lipinski definition) is 2. The predicted octanol–water partition coefficient (Wildman–Crippen LogP) is 6.36. The highest BCUT2D eigenvalue weighted by Gasteiger charge is 2.42. The molecule has 2 N–H and O–H groups in total. The molecule has 35 heavy (non-hydrogen) atoms. The molecule has 2 aromatic carbocycles. The summed E-state index contributed by atoms with van der Waals surface area (Å²) in [5.41, 5.74) is 4.21. The molecule has 0 amide bonds. The van der Waals surface area contributed by atoms with Crippen molar-refractivity contribution >= 4 is 35.0 Å². The number of rotatable bonds is 4. The number of H-pyrrole nitrogens is 1. The van der Waals surface area contributed by atoms with Crippen molar-refractivity contribution in [3.05, 3.63) is 97.2 Å². The fraction of sp³-hybridized carbons (Fsp3) is 0.296. The predicted molar refractivity (Wildman–Crippen MR) is 138 cm³/mol. The highest BCUT2D eigenvalue weighted by atomic mass is 35.5. The van der Waals surface area contributed by atoms with Gasteiger partial charge in [-0.05, 0) is 42.0 Å². The number of hydrogen-bond acceptors (Lipinski definition) is 5. The number of carbonyl (C=O) groups excluding carboxylic acids is 1. The van der Waals surface area contributed by atoms with Crippen LogP contribution in [0.2, 0.25) is 5.02 Å². The number of fused-ring (bicyclic) bond motifs is 1. The third-order valence-electron chi connectivity index (χ3n) is 6.49. The van der Waals surface area contributed by atoms with Gasteiger partial charge in [-0.15, -0.1) is 0 Å². The molecule has 0 saturated heterocycles. The van der Waals surface area contributed by atoms with Gasteiger partial charge in [0.05, 0.1) is 5.56 Å². The molecular formula is C27H25ClFN3O2S. The topological polar surface area (TPSA) is 74.8 Å². The van der Waals surface area contributed by atoms with E-state index in [0.29, 0.717) is 45.7 Å². The van der Waals surface area contributed by atoms with E-state index in [0.717, 1.165) is 22.4 Å². The molecule has 1 atom stereocenters. The van der Waals surface area contributed by atoms with Crippen LogP contribution in [0.3, 0.4) is 0 Å². The van der Waals surface area contributed by atoms with E-state index >= 15 is 0 Å². The average Bonchev–Trinajstić information content (AvgIpc) is 2.77. The summed E-state index contributed by atoms with van der Waals surface area (Å²) in [6.45, 7) is 6.15. The van der Waals surface area contributed by atoms with E-state index < -0.39 is 11.7 Å². The van der Waals surface area contributed by atoms with E-state index in [1.165, 1.54) is 23.9 Å². The highest BCUT2D eigenvalue weighted by Crippen LogP contribution is 2.47. The van der Waals surface area contributed by atoms with Crippen molar-refractivity contribution in [1.29, 1.82) is 0 Å². The fourth-order valence-corrected chi connectivity index (χ4v) is 6.02. The molecule has 0 bridgehead atoms. The SMILES string of the molecule is Cc1ccc(C2C3=C(CC(C)(C)CC3=O)Nc3nc(SCc4ccc(F)cc4Cl)[nH]c(=O)c32)cc1. The standard InChI is InChI=1S/C27H25ClFN3O2S/c1-14-4-6-15(7-5-14)21-22-19(11-27(2,3)12-20(22)33)30-24-23(21)25(34)32-26(31-24)35-13-16-8-9-17(29)10-18(16)28/h4-10,21H,11-13H2,1-3H3,(H2,30,31,32,34). The van der Waals surface area contributed by atoms with Gasteiger partial charge in [-0.1, -0.05) is 73.1 Å². The van der Waals surface area contributed by atoms with Crippen molar-refractivity contribution in [2.24, 2.45) is 5.41 Å². The van der Waals surface area contributed by atoms with Gasteiger partial charge in [0.25, 0.3) is 5.56 Å². The summed E-state index contributed by atoms with van der Waals surface area (Å²) in [5.74, 6) is 0.0682. The van der Waals surface area contributed by atoms with Gasteiger partial charge in [-0.25, -0.2) is 9.37 Å². The van der Waals surface area contributed by atoms with Gasteiger partial charge in [-0.2, -0.15) is 0 Å². The van der Waals surface area contributed by atoms with Crippen LogP contribution >= 0.6 is 23.4 Å². The highest BCUT2D eigenvalue weighted by molar-refractivity contribution is 7.98. The molecule has 0 spiro atoms. The van der Waals surface area contributed by atoms with E-state index in [-0.39, 0.29) is 16.8 Å². The van der Waals surface area contributed by atoms with Crippen molar-refractivity contribution in [2.75, 3.05) is 5.32 Å². The third kappa shape index (κ3) is 4.67. The molecular weight excluding hydrogens is 485 g/mol. The van der Waals surface area contributed by atoms with Gasteiger partial charge in [0.1, 0.15) is 11.6 Å². The van der Waals surface area contributed by atoms with Crippen LogP contribution in [0.1, 0.15) is 54.9 Å². The molecule has 0 fully saturated rings. The van der Waals surface area contributed by atoms with E-state index in [1.807, 2.05) is 31.2 Å². The van der Waals surface area contributed by atoms with Gasteiger partial charge >= 0.3 is 0 Å². The van der Waals surface area contributed by atoms with Gasteiger partial charge in [-0.3, -0.25) is 9.59 Å². The van der Waals surface area contributed by atoms with Gasteiger partial charge in [0.2, 0.25) is 0 Å². The number of ketones is 1. The van der Waals surface area contributed by atoms with Crippen LogP contribution in [-0.2, 0) is 10.5 Å². The number of thioether (sulfide) groups is 1. The van der Waals surface area contributed by atoms with Crippen LogP contribution in [0.5, 0.6) is 0 Å². The molecule has 2 aliphatic rings. The molecule has 3 aromatic rings. The number of anilines is 1. The molecule has 2 heterocycles. The minimum absolute atomic E-state index is 0.0591. The lowest BCUT2D eigenvalue weighted by Crippen LogP contribution is -2.37. The smallest absolute Gasteiger partial charge is 0.257 e. The Morgan fingerprint density at radius 2 is 1.89 bits per heavy atom. The first kappa shape index (κ1) is 23.8. The van der Waals surface area contributed by atoms with Crippen molar-refractivity contribution in [3.63, 3.8) is 0 Å². The van der Waals surface area contributed by atoms with Crippen LogP contribution in [0.4, 0.5) is 10.2 Å². The van der Waals surface area contributed by atoms with Crippen molar-refractivity contribution < 1.29 is 9.18 Å². The van der Waals surface area contributed by atoms with Crippen molar-refractivity contribution in [3.8, 4) is 0 Å². The number of nitrogens with zero attached hydrogens (tertiary/aromatic N) is 1. The maximum absolute atomic E-state index is 13.4. The van der Waals surface area contributed by atoms with Gasteiger partial charge in [0.15, 0.2) is 10.9 Å².